The van der Waals surface area contributed by atoms with Crippen LogP contribution in [0.4, 0.5) is 0 Å². The van der Waals surface area contributed by atoms with Crippen LogP contribution >= 0.6 is 0 Å². The summed E-state index contributed by atoms with van der Waals surface area (Å²) in [4.78, 5) is 16.3. The van der Waals surface area contributed by atoms with Crippen LogP contribution in [-0.4, -0.2) is 17.4 Å². The van der Waals surface area contributed by atoms with Crippen LogP contribution in [0.3, 0.4) is 0 Å². The average molecular weight is 315 g/mol. The van der Waals surface area contributed by atoms with Gasteiger partial charge in [0.1, 0.15) is 0 Å². The molecule has 1 aromatic carbocycles. The van der Waals surface area contributed by atoms with Crippen molar-refractivity contribution in [2.24, 2.45) is 5.92 Å². The van der Waals surface area contributed by atoms with E-state index < -0.39 is 0 Å². The molecular weight excluding hydrogens is 298 g/mol. The molecule has 0 saturated carbocycles. The van der Waals surface area contributed by atoms with E-state index in [1.165, 1.54) is 5.56 Å². The maximum Gasteiger partial charge on any atom is 0.247 e. The van der Waals surface area contributed by atoms with E-state index in [4.69, 9.17) is 0 Å². The highest BCUT2D eigenvalue weighted by atomic mass is 16.1. The standard InChI is InChI=1S/C20H17N3O/c21-12-14-8-16-11-17-7-13(1-6-23-20(17)24)9-19(16)18(10-14)15-2-4-22-5-3-15/h2-5,8,10-11,13H,1,6-7,9H2,(H,23,24). The number of benzene rings is 1. The molecule has 2 aromatic rings. The molecule has 1 atom stereocenters. The molecule has 2 heterocycles. The highest BCUT2D eigenvalue weighted by Gasteiger charge is 2.26. The predicted molar refractivity (Wildman–Crippen MR) is 91.8 cm³/mol. The van der Waals surface area contributed by atoms with E-state index in [1.807, 2.05) is 30.3 Å². The van der Waals surface area contributed by atoms with Gasteiger partial charge in [-0.05, 0) is 77.8 Å². The van der Waals surface area contributed by atoms with Crippen LogP contribution in [0.15, 0.2) is 42.2 Å². The summed E-state index contributed by atoms with van der Waals surface area (Å²) in [5.41, 5.74) is 5.81. The van der Waals surface area contributed by atoms with Crippen molar-refractivity contribution in [3.8, 4) is 17.2 Å². The second kappa shape index (κ2) is 5.93. The molecule has 24 heavy (non-hydrogen) atoms. The number of rotatable bonds is 1. The van der Waals surface area contributed by atoms with Crippen LogP contribution in [0.25, 0.3) is 17.2 Å². The van der Waals surface area contributed by atoms with Gasteiger partial charge in [0.15, 0.2) is 0 Å². The molecule has 4 heteroatoms. The molecule has 1 fully saturated rings. The van der Waals surface area contributed by atoms with Gasteiger partial charge in [0.2, 0.25) is 5.91 Å². The quantitative estimate of drug-likeness (QED) is 0.879. The summed E-state index contributed by atoms with van der Waals surface area (Å²) in [5.74, 6) is 0.475. The molecule has 1 aromatic heterocycles. The molecule has 1 aliphatic heterocycles. The molecule has 0 spiro atoms. The molecule has 118 valence electrons. The monoisotopic (exact) mass is 315 g/mol. The van der Waals surface area contributed by atoms with Crippen LogP contribution in [0, 0.1) is 17.2 Å². The zero-order valence-electron chi connectivity index (χ0n) is 13.2. The first kappa shape index (κ1) is 14.6. The summed E-state index contributed by atoms with van der Waals surface area (Å²) in [7, 11) is 0. The maximum absolute atomic E-state index is 12.2. The summed E-state index contributed by atoms with van der Waals surface area (Å²) in [6.45, 7) is 0.733. The second-order valence-corrected chi connectivity index (χ2v) is 6.43. The minimum absolute atomic E-state index is 0.0261. The lowest BCUT2D eigenvalue weighted by Gasteiger charge is -2.17. The van der Waals surface area contributed by atoms with Gasteiger partial charge in [0.05, 0.1) is 11.6 Å². The zero-order valence-corrected chi connectivity index (χ0v) is 13.2. The van der Waals surface area contributed by atoms with Crippen molar-refractivity contribution in [2.45, 2.75) is 19.3 Å². The van der Waals surface area contributed by atoms with Crippen LogP contribution < -0.4 is 5.32 Å². The first-order valence-corrected chi connectivity index (χ1v) is 8.21. The Balaban J connectivity index is 1.95. The molecule has 0 radical (unpaired) electrons. The number of nitrogens with one attached hydrogen (secondary N) is 1. The average Bonchev–Trinajstić information content (AvgIpc) is 2.91. The number of carbonyl (C=O) groups excluding carboxylic acids is 1. The van der Waals surface area contributed by atoms with Crippen molar-refractivity contribution in [3.05, 3.63) is 58.9 Å². The van der Waals surface area contributed by atoms with Gasteiger partial charge in [0.25, 0.3) is 0 Å². The summed E-state index contributed by atoms with van der Waals surface area (Å²) >= 11 is 0. The zero-order chi connectivity index (χ0) is 16.5. The lowest BCUT2D eigenvalue weighted by molar-refractivity contribution is -0.117. The second-order valence-electron chi connectivity index (χ2n) is 6.43. The van der Waals surface area contributed by atoms with E-state index in [9.17, 15) is 10.1 Å². The first-order valence-electron chi connectivity index (χ1n) is 8.21. The van der Waals surface area contributed by atoms with Gasteiger partial charge in [0, 0.05) is 24.5 Å². The Morgan fingerprint density at radius 3 is 2.83 bits per heavy atom. The number of aromatic nitrogens is 1. The summed E-state index contributed by atoms with van der Waals surface area (Å²) in [6.07, 6.45) is 8.23. The van der Waals surface area contributed by atoms with Crippen molar-refractivity contribution in [2.75, 3.05) is 6.54 Å². The summed E-state index contributed by atoms with van der Waals surface area (Å²) in [6, 6.07) is 10.0. The van der Waals surface area contributed by atoms with E-state index in [0.29, 0.717) is 11.5 Å². The number of pyridine rings is 1. The molecule has 1 amide bonds. The number of nitriles is 1. The lowest BCUT2D eigenvalue weighted by Crippen LogP contribution is -2.23. The van der Waals surface area contributed by atoms with Crippen LogP contribution in [-0.2, 0) is 11.2 Å². The minimum atomic E-state index is 0.0261. The Kier molecular flexibility index (Phi) is 3.62. The van der Waals surface area contributed by atoms with Crippen molar-refractivity contribution in [1.29, 1.82) is 5.26 Å². The van der Waals surface area contributed by atoms with Gasteiger partial charge in [-0.3, -0.25) is 9.78 Å². The van der Waals surface area contributed by atoms with Crippen molar-refractivity contribution < 1.29 is 4.79 Å². The largest absolute Gasteiger partial charge is 0.352 e. The highest BCUT2D eigenvalue weighted by Crippen LogP contribution is 2.36. The minimum Gasteiger partial charge on any atom is -0.352 e. The van der Waals surface area contributed by atoms with Gasteiger partial charge in [-0.2, -0.15) is 5.26 Å². The predicted octanol–water partition coefficient (Wildman–Crippen LogP) is 3.09. The third-order valence-corrected chi connectivity index (χ3v) is 4.87. The van der Waals surface area contributed by atoms with E-state index in [2.05, 4.69) is 16.4 Å². The molecule has 1 saturated heterocycles. The Labute approximate surface area is 140 Å². The van der Waals surface area contributed by atoms with Crippen molar-refractivity contribution in [1.82, 2.24) is 10.3 Å². The van der Waals surface area contributed by atoms with Crippen LogP contribution in [0.5, 0.6) is 0 Å². The van der Waals surface area contributed by atoms with Gasteiger partial charge in [-0.15, -0.1) is 0 Å². The Bertz CT molecular complexity index is 878. The normalized spacial score (nSPS) is 19.2. The molecule has 2 aliphatic rings. The smallest absolute Gasteiger partial charge is 0.247 e. The van der Waals surface area contributed by atoms with E-state index in [-0.39, 0.29) is 5.91 Å². The fourth-order valence-corrected chi connectivity index (χ4v) is 3.69. The highest BCUT2D eigenvalue weighted by molar-refractivity contribution is 5.99. The third-order valence-electron chi connectivity index (χ3n) is 4.87. The number of amides is 1. The number of carbonyl (C=O) groups is 1. The number of fused-ring (bicyclic) bond motifs is 3. The van der Waals surface area contributed by atoms with Crippen LogP contribution in [0.1, 0.15) is 29.5 Å². The Morgan fingerprint density at radius 2 is 2.04 bits per heavy atom. The van der Waals surface area contributed by atoms with E-state index in [0.717, 1.165) is 48.1 Å². The fraction of sp³-hybridized carbons (Fsp3) is 0.250. The summed E-state index contributed by atoms with van der Waals surface area (Å²) in [5, 5.41) is 12.4. The topological polar surface area (TPSA) is 65.8 Å². The number of hydrogen-bond acceptors (Lipinski definition) is 3. The van der Waals surface area contributed by atoms with Gasteiger partial charge in [-0.1, -0.05) is 0 Å². The van der Waals surface area contributed by atoms with Crippen molar-refractivity contribution in [3.63, 3.8) is 0 Å². The number of hydrogen-bond donors (Lipinski definition) is 1. The van der Waals surface area contributed by atoms with Crippen LogP contribution in [0.2, 0.25) is 0 Å². The lowest BCUT2D eigenvalue weighted by atomic mass is 9.87. The Hall–Kier alpha value is -2.93. The van der Waals surface area contributed by atoms with Gasteiger partial charge in [-0.25, -0.2) is 0 Å². The molecule has 1 unspecified atom stereocenters. The Morgan fingerprint density at radius 1 is 1.21 bits per heavy atom. The van der Waals surface area contributed by atoms with Gasteiger partial charge >= 0.3 is 0 Å². The molecule has 2 bridgehead atoms. The number of nitrogens with zero attached hydrogens (tertiary/aromatic N) is 2. The third kappa shape index (κ3) is 2.59. The summed E-state index contributed by atoms with van der Waals surface area (Å²) < 4.78 is 0. The SMILES string of the molecule is N#Cc1cc2c(c(-c3ccncc3)c1)CC1CCNC(=O)C(=C2)C1. The van der Waals surface area contributed by atoms with Gasteiger partial charge < -0.3 is 5.32 Å². The maximum atomic E-state index is 12.2. The molecule has 4 rings (SSSR count). The van der Waals surface area contributed by atoms with Crippen molar-refractivity contribution >= 4 is 12.0 Å². The fourth-order valence-electron chi connectivity index (χ4n) is 3.69. The molecule has 1 aliphatic carbocycles. The molecule has 4 nitrogen and oxygen atoms in total. The molecular formula is C20H17N3O. The molecule has 1 N–H and O–H groups in total. The first-order chi connectivity index (χ1) is 11.7. The van der Waals surface area contributed by atoms with E-state index in [1.54, 1.807) is 12.4 Å². The van der Waals surface area contributed by atoms with E-state index >= 15 is 0 Å².